The first-order valence-electron chi connectivity index (χ1n) is 3.18. The van der Waals surface area contributed by atoms with Crippen LogP contribution in [0.25, 0.3) is 0 Å². The quantitative estimate of drug-likeness (QED) is 0.720. The van der Waals surface area contributed by atoms with Gasteiger partial charge in [-0.2, -0.15) is 0 Å². The van der Waals surface area contributed by atoms with Gasteiger partial charge in [0.2, 0.25) is 5.88 Å². The summed E-state index contributed by atoms with van der Waals surface area (Å²) in [7, 11) is 0. The van der Waals surface area contributed by atoms with Crippen LogP contribution in [0.4, 0.5) is 0 Å². The number of nitrogens with zero attached hydrogens (tertiary/aromatic N) is 2. The number of rotatable bonds is 1. The van der Waals surface area contributed by atoms with Gasteiger partial charge in [-0.1, -0.05) is 0 Å². The van der Waals surface area contributed by atoms with E-state index in [-0.39, 0.29) is 5.88 Å². The zero-order valence-electron chi connectivity index (χ0n) is 5.65. The Labute approximate surface area is 72.2 Å². The summed E-state index contributed by atoms with van der Waals surface area (Å²) in [5, 5.41) is 10.2. The minimum absolute atomic E-state index is 0.114. The first-order valence-corrected chi connectivity index (χ1v) is 5.04. The number of hydrogen-bond acceptors (Lipinski definition) is 5. The van der Waals surface area contributed by atoms with Crippen LogP contribution < -0.4 is 0 Å². The van der Waals surface area contributed by atoms with Crippen LogP contribution in [0.1, 0.15) is 4.88 Å². The molecule has 0 radical (unpaired) electrons. The van der Waals surface area contributed by atoms with Gasteiger partial charge < -0.3 is 5.11 Å². The summed E-state index contributed by atoms with van der Waals surface area (Å²) >= 11 is 3.11. The van der Waals surface area contributed by atoms with Gasteiger partial charge in [0.15, 0.2) is 0 Å². The van der Waals surface area contributed by atoms with Crippen LogP contribution in [-0.2, 0) is 0 Å². The molecule has 1 aliphatic heterocycles. The van der Waals surface area contributed by atoms with E-state index in [4.69, 9.17) is 0 Å². The molecule has 0 unspecified atom stereocenters. The summed E-state index contributed by atoms with van der Waals surface area (Å²) in [5.74, 6) is 1.13. The molecule has 2 heterocycles. The molecule has 3 nitrogen and oxygen atoms in total. The Bertz CT molecular complexity index is 295. The summed E-state index contributed by atoms with van der Waals surface area (Å²) < 4.78 is 0. The van der Waals surface area contributed by atoms with Crippen molar-refractivity contribution in [1.29, 1.82) is 0 Å². The molecule has 0 saturated heterocycles. The van der Waals surface area contributed by atoms with Crippen LogP contribution in [0.2, 0.25) is 0 Å². The molecule has 1 aliphatic rings. The van der Waals surface area contributed by atoms with E-state index in [1.54, 1.807) is 17.3 Å². The summed E-state index contributed by atoms with van der Waals surface area (Å²) in [6.07, 6.45) is 0. The number of aromatic hydroxyl groups is 1. The van der Waals surface area contributed by atoms with Crippen LogP contribution in [0.5, 0.6) is 5.88 Å². The van der Waals surface area contributed by atoms with E-state index in [1.807, 2.05) is 0 Å². The van der Waals surface area contributed by atoms with Gasteiger partial charge in [-0.3, -0.25) is 4.99 Å². The molecule has 0 amide bonds. The van der Waals surface area contributed by atoms with Crippen molar-refractivity contribution in [3.63, 3.8) is 0 Å². The number of thiazole rings is 1. The zero-order chi connectivity index (χ0) is 7.68. The third-order valence-corrected chi connectivity index (χ3v) is 3.27. The zero-order valence-corrected chi connectivity index (χ0v) is 7.28. The van der Waals surface area contributed by atoms with Crippen molar-refractivity contribution in [2.45, 2.75) is 0 Å². The first kappa shape index (κ1) is 7.12. The average Bonchev–Trinajstić information content (AvgIpc) is 2.55. The summed E-state index contributed by atoms with van der Waals surface area (Å²) in [4.78, 5) is 8.78. The Morgan fingerprint density at radius 2 is 2.45 bits per heavy atom. The van der Waals surface area contributed by atoms with Gasteiger partial charge in [0.05, 0.1) is 5.51 Å². The van der Waals surface area contributed by atoms with Crippen molar-refractivity contribution in [3.8, 4) is 5.88 Å². The van der Waals surface area contributed by atoms with Crippen molar-refractivity contribution in [2.75, 3.05) is 12.3 Å². The van der Waals surface area contributed by atoms with Crippen LogP contribution in [0.3, 0.4) is 0 Å². The second kappa shape index (κ2) is 2.83. The maximum absolute atomic E-state index is 9.22. The molecule has 1 aromatic heterocycles. The Hall–Kier alpha value is -0.550. The van der Waals surface area contributed by atoms with Crippen molar-refractivity contribution in [1.82, 2.24) is 4.98 Å². The van der Waals surface area contributed by atoms with E-state index in [9.17, 15) is 5.11 Å². The molecule has 0 aliphatic carbocycles. The molecule has 11 heavy (non-hydrogen) atoms. The average molecular weight is 186 g/mol. The highest BCUT2D eigenvalue weighted by molar-refractivity contribution is 8.15. The van der Waals surface area contributed by atoms with Crippen molar-refractivity contribution in [3.05, 3.63) is 10.4 Å². The van der Waals surface area contributed by atoms with Gasteiger partial charge in [-0.15, -0.1) is 23.1 Å². The van der Waals surface area contributed by atoms with Crippen LogP contribution in [-0.4, -0.2) is 27.4 Å². The number of hydrogen-bond donors (Lipinski definition) is 1. The molecular weight excluding hydrogens is 180 g/mol. The minimum Gasteiger partial charge on any atom is -0.492 e. The molecule has 2 rings (SSSR count). The minimum atomic E-state index is 0.114. The maximum Gasteiger partial charge on any atom is 0.232 e. The van der Waals surface area contributed by atoms with Crippen LogP contribution in [0, 0.1) is 0 Å². The van der Waals surface area contributed by atoms with Crippen molar-refractivity contribution in [2.24, 2.45) is 4.99 Å². The number of aromatic nitrogens is 1. The second-order valence-electron chi connectivity index (χ2n) is 2.04. The van der Waals surface area contributed by atoms with Crippen molar-refractivity contribution >= 4 is 28.1 Å². The third-order valence-electron chi connectivity index (χ3n) is 1.33. The molecule has 0 fully saturated rings. The molecule has 1 N–H and O–H groups in total. The van der Waals surface area contributed by atoms with Gasteiger partial charge in [-0.05, 0) is 0 Å². The van der Waals surface area contributed by atoms with Gasteiger partial charge >= 0.3 is 0 Å². The number of aliphatic imine (C=N–C) groups is 1. The third kappa shape index (κ3) is 1.25. The molecule has 0 spiro atoms. The first-order chi connectivity index (χ1) is 5.38. The SMILES string of the molecule is Oc1ncsc1C1=NCCS1. The predicted molar refractivity (Wildman–Crippen MR) is 47.6 cm³/mol. The van der Waals surface area contributed by atoms with E-state index in [2.05, 4.69) is 9.98 Å². The van der Waals surface area contributed by atoms with Gasteiger partial charge in [0.25, 0.3) is 0 Å². The molecule has 5 heteroatoms. The van der Waals surface area contributed by atoms with E-state index in [1.165, 1.54) is 11.3 Å². The Morgan fingerprint density at radius 3 is 3.00 bits per heavy atom. The Morgan fingerprint density at radius 1 is 1.55 bits per heavy atom. The smallest absolute Gasteiger partial charge is 0.232 e. The van der Waals surface area contributed by atoms with Crippen LogP contribution in [0.15, 0.2) is 10.5 Å². The molecule has 0 atom stereocenters. The standard InChI is InChI=1S/C6H6N2OS2/c9-5-4(11-3-8-5)6-7-1-2-10-6/h3,9H,1-2H2. The lowest BCUT2D eigenvalue weighted by Gasteiger charge is -1.92. The highest BCUT2D eigenvalue weighted by atomic mass is 32.2. The fourth-order valence-corrected chi connectivity index (χ4v) is 2.54. The molecule has 0 bridgehead atoms. The van der Waals surface area contributed by atoms with E-state index >= 15 is 0 Å². The maximum atomic E-state index is 9.22. The molecule has 58 valence electrons. The predicted octanol–water partition coefficient (Wildman–Crippen LogP) is 1.34. The topological polar surface area (TPSA) is 45.5 Å². The van der Waals surface area contributed by atoms with E-state index < -0.39 is 0 Å². The summed E-state index contributed by atoms with van der Waals surface area (Å²) in [5.41, 5.74) is 1.63. The monoisotopic (exact) mass is 186 g/mol. The molecule has 0 saturated carbocycles. The lowest BCUT2D eigenvalue weighted by molar-refractivity contribution is 0.456. The van der Waals surface area contributed by atoms with E-state index in [0.717, 1.165) is 22.2 Å². The van der Waals surface area contributed by atoms with Crippen LogP contribution >= 0.6 is 23.1 Å². The fourth-order valence-electron chi connectivity index (χ4n) is 0.859. The Kier molecular flexibility index (Phi) is 1.83. The van der Waals surface area contributed by atoms with E-state index in [0.29, 0.717) is 0 Å². The largest absolute Gasteiger partial charge is 0.492 e. The summed E-state index contributed by atoms with van der Waals surface area (Å²) in [6, 6.07) is 0. The van der Waals surface area contributed by atoms with Gasteiger partial charge in [-0.25, -0.2) is 4.98 Å². The number of thioether (sulfide) groups is 1. The normalized spacial score (nSPS) is 16.9. The van der Waals surface area contributed by atoms with Gasteiger partial charge in [0.1, 0.15) is 9.92 Å². The Balaban J connectivity index is 2.35. The second-order valence-corrected chi connectivity index (χ2v) is 3.98. The lowest BCUT2D eigenvalue weighted by Crippen LogP contribution is -1.86. The molecule has 0 aromatic carbocycles. The van der Waals surface area contributed by atoms with Crippen molar-refractivity contribution < 1.29 is 5.11 Å². The highest BCUT2D eigenvalue weighted by Crippen LogP contribution is 2.28. The van der Waals surface area contributed by atoms with Gasteiger partial charge in [0, 0.05) is 12.3 Å². The highest BCUT2D eigenvalue weighted by Gasteiger charge is 2.15. The fraction of sp³-hybridized carbons (Fsp3) is 0.333. The molecule has 1 aromatic rings. The lowest BCUT2D eigenvalue weighted by atomic mass is 10.5. The summed E-state index contributed by atoms with van der Waals surface area (Å²) in [6.45, 7) is 0.858. The molecular formula is C6H6N2OS2.